The average molecular weight is 204 g/mol. The zero-order valence-corrected chi connectivity index (χ0v) is 7.93. The van der Waals surface area contributed by atoms with Crippen LogP contribution in [0.3, 0.4) is 0 Å². The van der Waals surface area contributed by atoms with E-state index in [1.165, 1.54) is 35.3 Å². The second-order valence-electron chi connectivity index (χ2n) is 3.18. The van der Waals surface area contributed by atoms with Crippen LogP contribution in [-0.4, -0.2) is 9.55 Å². The Labute approximate surface area is 85.8 Å². The minimum absolute atomic E-state index is 0.144. The molecule has 0 fully saturated rings. The second-order valence-corrected chi connectivity index (χ2v) is 3.18. The molecule has 0 unspecified atom stereocenters. The van der Waals surface area contributed by atoms with Crippen LogP contribution in [0, 0.1) is 5.82 Å². The summed E-state index contributed by atoms with van der Waals surface area (Å²) in [5, 5.41) is 0. The largest absolute Gasteiger partial charge is 0.295 e. The molecule has 0 amide bonds. The molecule has 4 heteroatoms. The summed E-state index contributed by atoms with van der Waals surface area (Å²) in [6.45, 7) is 0.338. The third-order valence-electron chi connectivity index (χ3n) is 2.03. The molecule has 15 heavy (non-hydrogen) atoms. The number of hydrogen-bond donors (Lipinski definition) is 0. The van der Waals surface area contributed by atoms with Gasteiger partial charge in [0.2, 0.25) is 0 Å². The van der Waals surface area contributed by atoms with E-state index < -0.39 is 0 Å². The molecular formula is C11H9FN2O. The van der Waals surface area contributed by atoms with E-state index in [0.717, 1.165) is 5.56 Å². The molecule has 1 aromatic carbocycles. The highest BCUT2D eigenvalue weighted by Crippen LogP contribution is 2.04. The van der Waals surface area contributed by atoms with Crippen LogP contribution in [0.25, 0.3) is 0 Å². The summed E-state index contributed by atoms with van der Waals surface area (Å²) in [5.41, 5.74) is 0.597. The molecular weight excluding hydrogens is 195 g/mol. The van der Waals surface area contributed by atoms with Crippen molar-refractivity contribution in [3.05, 3.63) is 64.6 Å². The van der Waals surface area contributed by atoms with Crippen molar-refractivity contribution in [2.45, 2.75) is 6.54 Å². The second kappa shape index (κ2) is 4.04. The van der Waals surface area contributed by atoms with Gasteiger partial charge in [-0.1, -0.05) is 12.1 Å². The molecule has 2 rings (SSSR count). The van der Waals surface area contributed by atoms with Gasteiger partial charge < -0.3 is 0 Å². The highest BCUT2D eigenvalue weighted by atomic mass is 19.1. The molecule has 0 N–H and O–H groups in total. The molecule has 0 spiro atoms. The molecule has 0 aliphatic heterocycles. The molecule has 3 nitrogen and oxygen atoms in total. The van der Waals surface area contributed by atoms with E-state index in [1.54, 1.807) is 12.1 Å². The maximum Gasteiger partial charge on any atom is 0.253 e. The van der Waals surface area contributed by atoms with E-state index in [4.69, 9.17) is 0 Å². The number of nitrogens with zero attached hydrogens (tertiary/aromatic N) is 2. The Bertz CT molecular complexity index is 522. The van der Waals surface area contributed by atoms with E-state index in [1.807, 2.05) is 0 Å². The number of rotatable bonds is 2. The molecule has 76 valence electrons. The molecule has 0 atom stereocenters. The zero-order chi connectivity index (χ0) is 10.7. The van der Waals surface area contributed by atoms with Crippen molar-refractivity contribution in [1.82, 2.24) is 9.55 Å². The van der Waals surface area contributed by atoms with Crippen LogP contribution in [0.2, 0.25) is 0 Å². The first-order chi connectivity index (χ1) is 7.25. The Hall–Kier alpha value is -1.97. The Morgan fingerprint density at radius 3 is 2.93 bits per heavy atom. The van der Waals surface area contributed by atoms with Gasteiger partial charge in [0, 0.05) is 12.3 Å². The monoisotopic (exact) mass is 204 g/mol. The van der Waals surface area contributed by atoms with Gasteiger partial charge in [-0.25, -0.2) is 9.37 Å². The summed E-state index contributed by atoms with van der Waals surface area (Å²) < 4.78 is 14.3. The summed E-state index contributed by atoms with van der Waals surface area (Å²) >= 11 is 0. The van der Waals surface area contributed by atoms with Gasteiger partial charge in [-0.15, -0.1) is 0 Å². The van der Waals surface area contributed by atoms with Gasteiger partial charge in [0.25, 0.3) is 5.56 Å². The Balaban J connectivity index is 2.30. The van der Waals surface area contributed by atoms with Crippen LogP contribution in [0.5, 0.6) is 0 Å². The first-order valence-corrected chi connectivity index (χ1v) is 4.50. The number of hydrogen-bond acceptors (Lipinski definition) is 2. The summed E-state index contributed by atoms with van der Waals surface area (Å²) in [7, 11) is 0. The van der Waals surface area contributed by atoms with Crippen molar-refractivity contribution in [2.75, 3.05) is 0 Å². The van der Waals surface area contributed by atoms with Crippen LogP contribution in [-0.2, 0) is 6.54 Å². The third-order valence-corrected chi connectivity index (χ3v) is 2.03. The summed E-state index contributed by atoms with van der Waals surface area (Å²) in [4.78, 5) is 15.2. The fraction of sp³-hybridized carbons (Fsp3) is 0.0909. The number of benzene rings is 1. The molecule has 0 saturated carbocycles. The van der Waals surface area contributed by atoms with Crippen LogP contribution in [0.1, 0.15) is 5.56 Å². The lowest BCUT2D eigenvalue weighted by Crippen LogP contribution is -2.19. The van der Waals surface area contributed by atoms with E-state index in [0.29, 0.717) is 6.54 Å². The van der Waals surface area contributed by atoms with Gasteiger partial charge in [0.1, 0.15) is 5.82 Å². The summed E-state index contributed by atoms with van der Waals surface area (Å²) in [6.07, 6.45) is 2.87. The van der Waals surface area contributed by atoms with Crippen molar-refractivity contribution in [1.29, 1.82) is 0 Å². The SMILES string of the molecule is O=c1ccncn1Cc1cccc(F)c1. The molecule has 0 aliphatic carbocycles. The lowest BCUT2D eigenvalue weighted by molar-refractivity contribution is 0.622. The van der Waals surface area contributed by atoms with Gasteiger partial charge in [-0.3, -0.25) is 9.36 Å². The van der Waals surface area contributed by atoms with E-state index in [2.05, 4.69) is 4.98 Å². The van der Waals surface area contributed by atoms with Gasteiger partial charge in [0.05, 0.1) is 12.9 Å². The predicted octanol–water partition coefficient (Wildman–Crippen LogP) is 1.43. The smallest absolute Gasteiger partial charge is 0.253 e. The normalized spacial score (nSPS) is 10.2. The Kier molecular flexibility index (Phi) is 2.58. The Morgan fingerprint density at radius 2 is 2.20 bits per heavy atom. The molecule has 0 aliphatic rings. The fourth-order valence-electron chi connectivity index (χ4n) is 1.33. The minimum atomic E-state index is -0.301. The van der Waals surface area contributed by atoms with Gasteiger partial charge in [-0.2, -0.15) is 0 Å². The van der Waals surface area contributed by atoms with Crippen LogP contribution in [0.15, 0.2) is 47.7 Å². The predicted molar refractivity (Wildman–Crippen MR) is 54.0 cm³/mol. The van der Waals surface area contributed by atoms with Crippen molar-refractivity contribution >= 4 is 0 Å². The first-order valence-electron chi connectivity index (χ1n) is 4.50. The standard InChI is InChI=1S/C11H9FN2O/c12-10-3-1-2-9(6-10)7-14-8-13-5-4-11(14)15/h1-6,8H,7H2. The maximum absolute atomic E-state index is 12.9. The van der Waals surface area contributed by atoms with E-state index in [-0.39, 0.29) is 11.4 Å². The fourth-order valence-corrected chi connectivity index (χ4v) is 1.33. The maximum atomic E-state index is 12.9. The van der Waals surface area contributed by atoms with Crippen molar-refractivity contribution in [3.8, 4) is 0 Å². The highest BCUT2D eigenvalue weighted by Gasteiger charge is 1.98. The molecule has 0 radical (unpaired) electrons. The molecule has 2 aromatic rings. The first kappa shape index (κ1) is 9.58. The quantitative estimate of drug-likeness (QED) is 0.741. The molecule has 0 saturated heterocycles. The van der Waals surface area contributed by atoms with Crippen molar-refractivity contribution in [2.24, 2.45) is 0 Å². The number of halogens is 1. The third kappa shape index (κ3) is 2.28. The van der Waals surface area contributed by atoms with Crippen LogP contribution >= 0.6 is 0 Å². The summed E-state index contributed by atoms with van der Waals surface area (Å²) in [6, 6.07) is 7.53. The van der Waals surface area contributed by atoms with Gasteiger partial charge in [-0.05, 0) is 17.7 Å². The van der Waals surface area contributed by atoms with Gasteiger partial charge >= 0.3 is 0 Å². The van der Waals surface area contributed by atoms with Crippen molar-refractivity contribution < 1.29 is 4.39 Å². The molecule has 1 heterocycles. The number of aromatic nitrogens is 2. The highest BCUT2D eigenvalue weighted by molar-refractivity contribution is 5.16. The lowest BCUT2D eigenvalue weighted by atomic mass is 10.2. The zero-order valence-electron chi connectivity index (χ0n) is 7.93. The summed E-state index contributed by atoms with van der Waals surface area (Å²) in [5.74, 6) is -0.301. The lowest BCUT2D eigenvalue weighted by Gasteiger charge is -2.03. The minimum Gasteiger partial charge on any atom is -0.295 e. The average Bonchev–Trinajstić information content (AvgIpc) is 2.22. The molecule has 0 bridgehead atoms. The topological polar surface area (TPSA) is 34.9 Å². The van der Waals surface area contributed by atoms with E-state index in [9.17, 15) is 9.18 Å². The Morgan fingerprint density at radius 1 is 1.33 bits per heavy atom. The molecule has 1 aromatic heterocycles. The van der Waals surface area contributed by atoms with Crippen LogP contribution < -0.4 is 5.56 Å². The van der Waals surface area contributed by atoms with Gasteiger partial charge in [0.15, 0.2) is 0 Å². The van der Waals surface area contributed by atoms with Crippen LogP contribution in [0.4, 0.5) is 4.39 Å². The van der Waals surface area contributed by atoms with E-state index >= 15 is 0 Å². The van der Waals surface area contributed by atoms with Crippen molar-refractivity contribution in [3.63, 3.8) is 0 Å².